The van der Waals surface area contributed by atoms with Gasteiger partial charge in [0.1, 0.15) is 5.75 Å². The van der Waals surface area contributed by atoms with Crippen LogP contribution in [0, 0.1) is 5.92 Å². The Hall–Kier alpha value is -0.810. The molecule has 1 unspecified atom stereocenters. The molecule has 2 aliphatic heterocycles. The SMILES string of the molecule is Cl.c1cc([C@H]2CNCCO2)ccc1OCCCC1CCNC1. The molecular formula is C17H27ClN2O2. The molecule has 2 saturated heterocycles. The van der Waals surface area contributed by atoms with Crippen LogP contribution in [0.15, 0.2) is 24.3 Å². The Morgan fingerprint density at radius 3 is 2.59 bits per heavy atom. The first-order valence-corrected chi connectivity index (χ1v) is 8.17. The summed E-state index contributed by atoms with van der Waals surface area (Å²) in [4.78, 5) is 0. The van der Waals surface area contributed by atoms with E-state index in [-0.39, 0.29) is 18.5 Å². The van der Waals surface area contributed by atoms with Crippen molar-refractivity contribution in [1.29, 1.82) is 0 Å². The van der Waals surface area contributed by atoms with Crippen molar-refractivity contribution >= 4 is 12.4 Å². The topological polar surface area (TPSA) is 42.5 Å². The van der Waals surface area contributed by atoms with Gasteiger partial charge < -0.3 is 20.1 Å². The van der Waals surface area contributed by atoms with Crippen LogP contribution < -0.4 is 15.4 Å². The van der Waals surface area contributed by atoms with E-state index in [0.29, 0.717) is 0 Å². The highest BCUT2D eigenvalue weighted by molar-refractivity contribution is 5.85. The fraction of sp³-hybridized carbons (Fsp3) is 0.647. The monoisotopic (exact) mass is 326 g/mol. The van der Waals surface area contributed by atoms with E-state index in [4.69, 9.17) is 9.47 Å². The molecule has 0 aromatic heterocycles. The summed E-state index contributed by atoms with van der Waals surface area (Å²) >= 11 is 0. The zero-order chi connectivity index (χ0) is 14.3. The van der Waals surface area contributed by atoms with E-state index in [1.165, 1.54) is 31.5 Å². The molecule has 2 N–H and O–H groups in total. The van der Waals surface area contributed by atoms with Crippen LogP contribution in [0.25, 0.3) is 0 Å². The van der Waals surface area contributed by atoms with Gasteiger partial charge in [-0.25, -0.2) is 0 Å². The van der Waals surface area contributed by atoms with E-state index in [0.717, 1.165) is 44.4 Å². The lowest BCUT2D eigenvalue weighted by atomic mass is 10.0. The molecule has 5 heteroatoms. The van der Waals surface area contributed by atoms with E-state index in [9.17, 15) is 0 Å². The van der Waals surface area contributed by atoms with Crippen molar-refractivity contribution in [2.75, 3.05) is 39.4 Å². The number of hydrogen-bond donors (Lipinski definition) is 2. The molecule has 2 aliphatic rings. The molecule has 22 heavy (non-hydrogen) atoms. The third-order valence-corrected chi connectivity index (χ3v) is 4.37. The fourth-order valence-corrected chi connectivity index (χ4v) is 3.08. The molecule has 124 valence electrons. The first kappa shape index (κ1) is 17.5. The maximum atomic E-state index is 5.83. The Bertz CT molecular complexity index is 415. The Balaban J connectivity index is 0.00000176. The quantitative estimate of drug-likeness (QED) is 0.788. The van der Waals surface area contributed by atoms with Gasteiger partial charge in [0.05, 0.1) is 19.3 Å². The van der Waals surface area contributed by atoms with Gasteiger partial charge in [-0.2, -0.15) is 0 Å². The third-order valence-electron chi connectivity index (χ3n) is 4.37. The van der Waals surface area contributed by atoms with Gasteiger partial charge in [0.15, 0.2) is 0 Å². The Morgan fingerprint density at radius 2 is 1.91 bits per heavy atom. The molecule has 0 saturated carbocycles. The lowest BCUT2D eigenvalue weighted by molar-refractivity contribution is 0.0277. The predicted octanol–water partition coefficient (Wildman–Crippen LogP) is 2.54. The summed E-state index contributed by atoms with van der Waals surface area (Å²) in [5.74, 6) is 1.82. The van der Waals surface area contributed by atoms with Crippen LogP contribution in [0.3, 0.4) is 0 Å². The molecule has 0 spiro atoms. The van der Waals surface area contributed by atoms with Gasteiger partial charge in [-0.3, -0.25) is 0 Å². The number of hydrogen-bond acceptors (Lipinski definition) is 4. The van der Waals surface area contributed by atoms with Crippen molar-refractivity contribution in [1.82, 2.24) is 10.6 Å². The molecule has 3 rings (SSSR count). The van der Waals surface area contributed by atoms with E-state index < -0.39 is 0 Å². The minimum Gasteiger partial charge on any atom is -0.494 e. The summed E-state index contributed by atoms with van der Waals surface area (Å²) in [7, 11) is 0. The molecule has 1 aromatic carbocycles. The first-order valence-electron chi connectivity index (χ1n) is 8.17. The summed E-state index contributed by atoms with van der Waals surface area (Å²) in [5, 5.41) is 6.77. The minimum atomic E-state index is 0. The van der Waals surface area contributed by atoms with Crippen molar-refractivity contribution < 1.29 is 9.47 Å². The Labute approximate surface area is 139 Å². The van der Waals surface area contributed by atoms with Crippen molar-refractivity contribution in [2.24, 2.45) is 5.92 Å². The maximum absolute atomic E-state index is 5.83. The number of morpholine rings is 1. The normalized spacial score (nSPS) is 24.7. The Morgan fingerprint density at radius 1 is 1.09 bits per heavy atom. The summed E-state index contributed by atoms with van der Waals surface area (Å²) in [6.45, 7) is 5.83. The van der Waals surface area contributed by atoms with Gasteiger partial charge in [-0.05, 0) is 56.0 Å². The lowest BCUT2D eigenvalue weighted by Crippen LogP contribution is -2.33. The molecule has 2 atom stereocenters. The highest BCUT2D eigenvalue weighted by Crippen LogP contribution is 2.22. The van der Waals surface area contributed by atoms with Gasteiger partial charge in [-0.1, -0.05) is 12.1 Å². The van der Waals surface area contributed by atoms with E-state index >= 15 is 0 Å². The van der Waals surface area contributed by atoms with Gasteiger partial charge in [0, 0.05) is 13.1 Å². The molecule has 0 amide bonds. The predicted molar refractivity (Wildman–Crippen MR) is 91.0 cm³/mol. The molecule has 0 bridgehead atoms. The van der Waals surface area contributed by atoms with E-state index in [1.807, 2.05) is 0 Å². The van der Waals surface area contributed by atoms with Gasteiger partial charge in [0.2, 0.25) is 0 Å². The smallest absolute Gasteiger partial charge is 0.119 e. The van der Waals surface area contributed by atoms with E-state index in [2.05, 4.69) is 34.9 Å². The van der Waals surface area contributed by atoms with Gasteiger partial charge in [-0.15, -0.1) is 12.4 Å². The third kappa shape index (κ3) is 5.13. The van der Waals surface area contributed by atoms with Crippen LogP contribution in [-0.4, -0.2) is 39.4 Å². The number of ether oxygens (including phenoxy) is 2. The number of rotatable bonds is 6. The van der Waals surface area contributed by atoms with Crippen molar-refractivity contribution in [3.8, 4) is 5.75 Å². The standard InChI is InChI=1S/C17H26N2O2.ClH/c1(2-14-7-8-18-12-14)10-20-16-5-3-15(4-6-16)17-13-19-9-11-21-17;/h3-6,14,17-19H,1-2,7-13H2;1H/t14?,17-;/m1./s1. The average molecular weight is 327 g/mol. The molecule has 0 aliphatic carbocycles. The fourth-order valence-electron chi connectivity index (χ4n) is 3.08. The highest BCUT2D eigenvalue weighted by atomic mass is 35.5. The molecule has 2 fully saturated rings. The number of halogens is 1. The minimum absolute atomic E-state index is 0. The summed E-state index contributed by atoms with van der Waals surface area (Å²) in [6.07, 6.45) is 3.92. The molecule has 0 radical (unpaired) electrons. The van der Waals surface area contributed by atoms with E-state index in [1.54, 1.807) is 0 Å². The second kappa shape index (κ2) is 9.36. The molecule has 2 heterocycles. The zero-order valence-electron chi connectivity index (χ0n) is 13.1. The molecule has 1 aromatic rings. The van der Waals surface area contributed by atoms with Crippen molar-refractivity contribution in [2.45, 2.75) is 25.4 Å². The number of nitrogens with one attached hydrogen (secondary N) is 2. The van der Waals surface area contributed by atoms with Crippen molar-refractivity contribution in [3.05, 3.63) is 29.8 Å². The van der Waals surface area contributed by atoms with Crippen LogP contribution >= 0.6 is 12.4 Å². The van der Waals surface area contributed by atoms with Crippen LogP contribution in [0.4, 0.5) is 0 Å². The second-order valence-electron chi connectivity index (χ2n) is 5.98. The van der Waals surface area contributed by atoms with Crippen LogP contribution in [-0.2, 0) is 4.74 Å². The largest absolute Gasteiger partial charge is 0.494 e. The first-order chi connectivity index (χ1) is 10.4. The zero-order valence-corrected chi connectivity index (χ0v) is 13.9. The van der Waals surface area contributed by atoms with Gasteiger partial charge >= 0.3 is 0 Å². The average Bonchev–Trinajstić information content (AvgIpc) is 3.06. The molecular weight excluding hydrogens is 300 g/mol. The van der Waals surface area contributed by atoms with Crippen LogP contribution in [0.1, 0.15) is 30.9 Å². The van der Waals surface area contributed by atoms with Crippen LogP contribution in [0.5, 0.6) is 5.75 Å². The maximum Gasteiger partial charge on any atom is 0.119 e. The lowest BCUT2D eigenvalue weighted by Gasteiger charge is -2.24. The second-order valence-corrected chi connectivity index (χ2v) is 5.98. The van der Waals surface area contributed by atoms with Crippen LogP contribution in [0.2, 0.25) is 0 Å². The van der Waals surface area contributed by atoms with Crippen molar-refractivity contribution in [3.63, 3.8) is 0 Å². The summed E-state index contributed by atoms with van der Waals surface area (Å²) in [5.41, 5.74) is 1.23. The Kier molecular flexibility index (Phi) is 7.46. The van der Waals surface area contributed by atoms with Gasteiger partial charge in [0.25, 0.3) is 0 Å². The summed E-state index contributed by atoms with van der Waals surface area (Å²) in [6, 6.07) is 8.36. The summed E-state index contributed by atoms with van der Waals surface area (Å²) < 4.78 is 11.6. The number of benzene rings is 1. The molecule has 4 nitrogen and oxygen atoms in total. The highest BCUT2D eigenvalue weighted by Gasteiger charge is 2.15.